The van der Waals surface area contributed by atoms with Crippen LogP contribution in [0.5, 0.6) is 0 Å². The second-order valence-corrected chi connectivity index (χ2v) is 3.53. The molecule has 0 saturated carbocycles. The molecule has 7 heteroatoms. The Morgan fingerprint density at radius 3 is 2.65 bits per heavy atom. The molecule has 0 bridgehead atoms. The van der Waals surface area contributed by atoms with Crippen molar-refractivity contribution in [1.29, 1.82) is 5.26 Å². The van der Waals surface area contributed by atoms with E-state index in [4.69, 9.17) is 5.26 Å². The Kier molecular flexibility index (Phi) is 4.06. The van der Waals surface area contributed by atoms with E-state index in [9.17, 15) is 19.7 Å². The average Bonchev–Trinajstić information content (AvgIpc) is 2.35. The van der Waals surface area contributed by atoms with Gasteiger partial charge in [0.15, 0.2) is 12.1 Å². The van der Waals surface area contributed by atoms with Crippen molar-refractivity contribution in [2.45, 2.75) is 0 Å². The largest absolute Gasteiger partial charge is 0.298 e. The van der Waals surface area contributed by atoms with Gasteiger partial charge < -0.3 is 0 Å². The maximum atomic E-state index is 11.6. The highest BCUT2D eigenvalue weighted by atomic mass is 79.9. The van der Waals surface area contributed by atoms with Gasteiger partial charge in [-0.05, 0) is 6.07 Å². The lowest BCUT2D eigenvalue weighted by Crippen LogP contribution is -2.09. The summed E-state index contributed by atoms with van der Waals surface area (Å²) in [5.41, 5.74) is -1.11. The molecule has 0 saturated heterocycles. The van der Waals surface area contributed by atoms with Crippen LogP contribution >= 0.6 is 15.9 Å². The van der Waals surface area contributed by atoms with Crippen LogP contribution in [-0.2, 0) is 0 Å². The van der Waals surface area contributed by atoms with Crippen LogP contribution < -0.4 is 0 Å². The van der Waals surface area contributed by atoms with Gasteiger partial charge in [0.1, 0.15) is 11.6 Å². The van der Waals surface area contributed by atoms with Crippen molar-refractivity contribution in [3.05, 3.63) is 38.9 Å². The van der Waals surface area contributed by atoms with Crippen molar-refractivity contribution in [3.8, 4) is 6.07 Å². The summed E-state index contributed by atoms with van der Waals surface area (Å²) in [6, 6.07) is 3.78. The van der Waals surface area contributed by atoms with E-state index >= 15 is 0 Å². The first kappa shape index (κ1) is 13.0. The van der Waals surface area contributed by atoms with Crippen LogP contribution in [0.2, 0.25) is 0 Å². The summed E-state index contributed by atoms with van der Waals surface area (Å²) in [6.07, 6.45) is 0.389. The van der Waals surface area contributed by atoms with Gasteiger partial charge in [0.05, 0.1) is 15.8 Å². The number of hydrogen-bond donors (Lipinski definition) is 0. The van der Waals surface area contributed by atoms with Crippen molar-refractivity contribution in [1.82, 2.24) is 0 Å². The lowest BCUT2D eigenvalue weighted by molar-refractivity contribution is -0.385. The van der Waals surface area contributed by atoms with Crippen LogP contribution in [0.25, 0.3) is 0 Å². The van der Waals surface area contributed by atoms with E-state index in [1.807, 2.05) is 0 Å². The Balaban J connectivity index is 3.67. The minimum atomic E-state index is -0.766. The Hall–Kier alpha value is -2.07. The van der Waals surface area contributed by atoms with Crippen LogP contribution in [0.15, 0.2) is 12.1 Å². The second kappa shape index (κ2) is 5.32. The zero-order valence-corrected chi connectivity index (χ0v) is 9.93. The summed E-state index contributed by atoms with van der Waals surface area (Å²) in [7, 11) is 0. The molecule has 0 unspecified atom stereocenters. The van der Waals surface area contributed by atoms with Crippen molar-refractivity contribution >= 4 is 33.7 Å². The van der Waals surface area contributed by atoms with Gasteiger partial charge in [-0.2, -0.15) is 5.26 Å². The number of rotatable bonds is 4. The number of carbonyl (C=O) groups excluding carboxylic acids is 2. The topological polar surface area (TPSA) is 101 Å². The van der Waals surface area contributed by atoms with Crippen LogP contribution in [0.3, 0.4) is 0 Å². The normalized spacial score (nSPS) is 9.41. The maximum Gasteiger partial charge on any atom is 0.287 e. The van der Waals surface area contributed by atoms with Crippen molar-refractivity contribution < 1.29 is 14.5 Å². The zero-order chi connectivity index (χ0) is 13.0. The number of nitro groups is 1. The number of Topliss-reactive ketones (excluding diaryl/α,β-unsaturated/α-hetero) is 1. The van der Waals surface area contributed by atoms with E-state index in [1.54, 1.807) is 6.07 Å². The number of halogens is 1. The van der Waals surface area contributed by atoms with Gasteiger partial charge in [-0.15, -0.1) is 0 Å². The third-order valence-electron chi connectivity index (χ3n) is 2.05. The minimum Gasteiger partial charge on any atom is -0.298 e. The molecule has 0 aromatic heterocycles. The minimum absolute atomic E-state index is 0.0309. The molecule has 0 heterocycles. The lowest BCUT2D eigenvalue weighted by atomic mass is 9.98. The second-order valence-electron chi connectivity index (χ2n) is 2.97. The number of nitriles is 1. The highest BCUT2D eigenvalue weighted by Crippen LogP contribution is 2.25. The molecule has 0 aliphatic rings. The predicted molar refractivity (Wildman–Crippen MR) is 61.3 cm³/mol. The van der Waals surface area contributed by atoms with E-state index in [2.05, 4.69) is 15.9 Å². The average molecular weight is 297 g/mol. The third-order valence-corrected chi connectivity index (χ3v) is 2.56. The molecule has 0 aliphatic heterocycles. The quantitative estimate of drug-likeness (QED) is 0.277. The number of benzene rings is 1. The Bertz CT molecular complexity index is 548. The smallest absolute Gasteiger partial charge is 0.287 e. The van der Waals surface area contributed by atoms with Crippen LogP contribution in [0.1, 0.15) is 26.3 Å². The van der Waals surface area contributed by atoms with Gasteiger partial charge in [-0.25, -0.2) is 0 Å². The van der Waals surface area contributed by atoms with Crippen LogP contribution in [0, 0.1) is 21.4 Å². The lowest BCUT2D eigenvalue weighted by Gasteiger charge is -2.04. The zero-order valence-electron chi connectivity index (χ0n) is 8.34. The van der Waals surface area contributed by atoms with Crippen molar-refractivity contribution in [2.24, 2.45) is 0 Å². The number of ketones is 1. The van der Waals surface area contributed by atoms with Gasteiger partial charge in [-0.1, -0.05) is 15.9 Å². The number of nitrogens with zero attached hydrogens (tertiary/aromatic N) is 2. The number of hydrogen-bond acceptors (Lipinski definition) is 5. The first-order valence-electron chi connectivity index (χ1n) is 4.32. The van der Waals surface area contributed by atoms with E-state index in [-0.39, 0.29) is 22.0 Å². The summed E-state index contributed by atoms with van der Waals surface area (Å²) in [6.45, 7) is 0. The number of carbonyl (C=O) groups is 2. The molecule has 1 aromatic rings. The fourth-order valence-corrected chi connectivity index (χ4v) is 1.62. The van der Waals surface area contributed by atoms with Gasteiger partial charge in [0.25, 0.3) is 5.69 Å². The highest BCUT2D eigenvalue weighted by molar-refractivity contribution is 9.09. The van der Waals surface area contributed by atoms with Crippen LogP contribution in [-0.4, -0.2) is 22.3 Å². The first-order valence-corrected chi connectivity index (χ1v) is 5.44. The predicted octanol–water partition coefficient (Wildman–Crippen LogP) is 1.86. The molecule has 0 N–H and O–H groups in total. The first-order chi connectivity index (χ1) is 8.06. The highest BCUT2D eigenvalue weighted by Gasteiger charge is 2.24. The molecule has 0 amide bonds. The molecule has 17 heavy (non-hydrogen) atoms. The Morgan fingerprint density at radius 1 is 1.59 bits per heavy atom. The van der Waals surface area contributed by atoms with E-state index in [0.717, 1.165) is 12.1 Å². The molecule has 0 aliphatic carbocycles. The number of aldehydes is 1. The van der Waals surface area contributed by atoms with Gasteiger partial charge in [0, 0.05) is 11.6 Å². The summed E-state index contributed by atoms with van der Waals surface area (Å²) < 4.78 is 0. The molecule has 0 radical (unpaired) electrons. The summed E-state index contributed by atoms with van der Waals surface area (Å²) in [5, 5.41) is 19.4. The van der Waals surface area contributed by atoms with E-state index < -0.39 is 16.4 Å². The van der Waals surface area contributed by atoms with E-state index in [1.165, 1.54) is 0 Å². The molecule has 1 rings (SSSR count). The third kappa shape index (κ3) is 2.37. The molecule has 0 atom stereocenters. The fraction of sp³-hybridized carbons (Fsp3) is 0.100. The standard InChI is InChI=1S/C10H5BrN2O4/c11-3-9(15)10-6(5-14)1-2-8(13(16)17)7(10)4-12/h1-2,5H,3H2. The maximum absolute atomic E-state index is 11.6. The van der Waals surface area contributed by atoms with Gasteiger partial charge in [0.2, 0.25) is 0 Å². The monoisotopic (exact) mass is 296 g/mol. The summed E-state index contributed by atoms with van der Waals surface area (Å²) >= 11 is 2.90. The summed E-state index contributed by atoms with van der Waals surface area (Å²) in [5.74, 6) is -0.549. The molecule has 0 spiro atoms. The molecular formula is C10H5BrN2O4. The molecule has 0 fully saturated rings. The summed E-state index contributed by atoms with van der Waals surface area (Å²) in [4.78, 5) is 32.2. The van der Waals surface area contributed by atoms with Crippen LogP contribution in [0.4, 0.5) is 5.69 Å². The molecule has 86 valence electrons. The van der Waals surface area contributed by atoms with E-state index in [0.29, 0.717) is 6.29 Å². The molecule has 1 aromatic carbocycles. The Morgan fingerprint density at radius 2 is 2.24 bits per heavy atom. The van der Waals surface area contributed by atoms with Crippen molar-refractivity contribution in [3.63, 3.8) is 0 Å². The van der Waals surface area contributed by atoms with Gasteiger partial charge in [-0.3, -0.25) is 19.7 Å². The number of alkyl halides is 1. The fourth-order valence-electron chi connectivity index (χ4n) is 1.34. The Labute approximate surface area is 104 Å². The number of nitro benzene ring substituents is 1. The SMILES string of the molecule is N#Cc1c([N+](=O)[O-])ccc(C=O)c1C(=O)CBr. The van der Waals surface area contributed by atoms with Crippen molar-refractivity contribution in [2.75, 3.05) is 5.33 Å². The molecular weight excluding hydrogens is 292 g/mol. The van der Waals surface area contributed by atoms with Gasteiger partial charge >= 0.3 is 0 Å². The molecule has 6 nitrogen and oxygen atoms in total.